The molecular weight excluding hydrogens is 308 g/mol. The van der Waals surface area contributed by atoms with Crippen LogP contribution in [0, 0.1) is 0 Å². The van der Waals surface area contributed by atoms with Crippen LogP contribution in [0.15, 0.2) is 47.1 Å². The summed E-state index contributed by atoms with van der Waals surface area (Å²) in [4.78, 5) is 25.7. The van der Waals surface area contributed by atoms with Crippen LogP contribution in [0.1, 0.15) is 18.6 Å². The number of amides is 2. The van der Waals surface area contributed by atoms with Crippen LogP contribution in [-0.2, 0) is 9.59 Å². The molecule has 0 spiro atoms. The van der Waals surface area contributed by atoms with E-state index in [1.165, 1.54) is 6.08 Å². The van der Waals surface area contributed by atoms with Crippen LogP contribution in [0.5, 0.6) is 5.75 Å². The topological polar surface area (TPSA) is 71.8 Å². The van der Waals surface area contributed by atoms with Gasteiger partial charge in [-0.1, -0.05) is 0 Å². The first-order chi connectivity index (χ1) is 11.7. The smallest absolute Gasteiger partial charge is 0.248 e. The fourth-order valence-corrected chi connectivity index (χ4v) is 2.61. The zero-order valence-electron chi connectivity index (χ0n) is 13.3. The van der Waals surface area contributed by atoms with E-state index in [-0.39, 0.29) is 11.8 Å². The predicted octanol–water partition coefficient (Wildman–Crippen LogP) is 3.07. The minimum atomic E-state index is -0.282. The van der Waals surface area contributed by atoms with Crippen LogP contribution < -0.4 is 15.0 Å². The van der Waals surface area contributed by atoms with Gasteiger partial charge in [0.15, 0.2) is 0 Å². The molecule has 0 aliphatic carbocycles. The zero-order valence-corrected chi connectivity index (χ0v) is 13.3. The number of carbonyl (C=O) groups is 2. The number of furan rings is 1. The molecule has 0 atom stereocenters. The molecular formula is C18H18N2O4. The lowest BCUT2D eigenvalue weighted by Gasteiger charge is -2.20. The minimum Gasteiger partial charge on any atom is -0.495 e. The first-order valence-corrected chi connectivity index (χ1v) is 7.68. The normalized spacial score (nSPS) is 14.4. The maximum atomic E-state index is 12.0. The molecule has 0 unspecified atom stereocenters. The molecule has 1 aromatic carbocycles. The molecule has 1 aliphatic heterocycles. The van der Waals surface area contributed by atoms with Gasteiger partial charge in [-0.15, -0.1) is 0 Å². The highest BCUT2D eigenvalue weighted by Gasteiger charge is 2.24. The van der Waals surface area contributed by atoms with Crippen molar-refractivity contribution < 1.29 is 18.7 Å². The Hall–Kier alpha value is -3.02. The summed E-state index contributed by atoms with van der Waals surface area (Å²) in [6, 6.07) is 8.74. The lowest BCUT2D eigenvalue weighted by Crippen LogP contribution is -2.24. The average Bonchev–Trinajstić information content (AvgIpc) is 3.24. The molecule has 2 aromatic rings. The van der Waals surface area contributed by atoms with Crippen LogP contribution >= 0.6 is 0 Å². The van der Waals surface area contributed by atoms with Gasteiger partial charge in [-0.05, 0) is 42.8 Å². The van der Waals surface area contributed by atoms with Crippen molar-refractivity contribution in [1.82, 2.24) is 0 Å². The Morgan fingerprint density at radius 2 is 2.25 bits per heavy atom. The SMILES string of the molecule is COc1ccc(NC(=O)/C=C/c2ccco2)cc1N1CCCC1=O. The van der Waals surface area contributed by atoms with E-state index in [0.29, 0.717) is 35.9 Å². The minimum absolute atomic E-state index is 0.0643. The van der Waals surface area contributed by atoms with Gasteiger partial charge in [0.1, 0.15) is 11.5 Å². The number of benzene rings is 1. The molecule has 0 saturated carbocycles. The lowest BCUT2D eigenvalue weighted by atomic mass is 10.2. The standard InChI is InChI=1S/C18H18N2O4/c1-23-16-8-6-13(12-15(16)20-10-2-5-18(20)22)19-17(21)9-7-14-4-3-11-24-14/h3-4,6-9,11-12H,2,5,10H2,1H3,(H,19,21)/b9-7+. The quantitative estimate of drug-likeness (QED) is 0.857. The summed E-state index contributed by atoms with van der Waals surface area (Å²) in [6.07, 6.45) is 5.88. The number of ether oxygens (including phenoxy) is 1. The molecule has 3 rings (SSSR count). The molecule has 2 amide bonds. The molecule has 1 aromatic heterocycles. The van der Waals surface area contributed by atoms with Gasteiger partial charge >= 0.3 is 0 Å². The Morgan fingerprint density at radius 3 is 2.92 bits per heavy atom. The van der Waals surface area contributed by atoms with Crippen molar-refractivity contribution in [2.45, 2.75) is 12.8 Å². The highest BCUT2D eigenvalue weighted by molar-refractivity contribution is 6.03. The molecule has 24 heavy (non-hydrogen) atoms. The third kappa shape index (κ3) is 3.48. The molecule has 124 valence electrons. The average molecular weight is 326 g/mol. The van der Waals surface area contributed by atoms with Gasteiger partial charge in [0, 0.05) is 24.7 Å². The molecule has 0 radical (unpaired) electrons. The Labute approximate surface area is 139 Å². The van der Waals surface area contributed by atoms with Gasteiger partial charge in [0.25, 0.3) is 0 Å². The molecule has 1 N–H and O–H groups in total. The number of hydrogen-bond donors (Lipinski definition) is 1. The van der Waals surface area contributed by atoms with E-state index in [0.717, 1.165) is 6.42 Å². The summed E-state index contributed by atoms with van der Waals surface area (Å²) < 4.78 is 10.5. The fraction of sp³-hybridized carbons (Fsp3) is 0.222. The largest absolute Gasteiger partial charge is 0.495 e. The van der Waals surface area contributed by atoms with Gasteiger partial charge in [-0.2, -0.15) is 0 Å². The molecule has 0 bridgehead atoms. The summed E-state index contributed by atoms with van der Waals surface area (Å²) >= 11 is 0. The first kappa shape index (κ1) is 15.9. The number of nitrogens with one attached hydrogen (secondary N) is 1. The van der Waals surface area contributed by atoms with Gasteiger partial charge < -0.3 is 19.4 Å². The number of anilines is 2. The maximum Gasteiger partial charge on any atom is 0.248 e. The predicted molar refractivity (Wildman–Crippen MR) is 91.0 cm³/mol. The third-order valence-corrected chi connectivity index (χ3v) is 3.75. The fourth-order valence-electron chi connectivity index (χ4n) is 2.61. The van der Waals surface area contributed by atoms with E-state index in [1.807, 2.05) is 0 Å². The molecule has 6 nitrogen and oxygen atoms in total. The van der Waals surface area contributed by atoms with Crippen LogP contribution in [0.3, 0.4) is 0 Å². The second kappa shape index (κ2) is 7.04. The second-order valence-electron chi connectivity index (χ2n) is 5.37. The van der Waals surface area contributed by atoms with Crippen LogP contribution in [0.25, 0.3) is 6.08 Å². The summed E-state index contributed by atoms with van der Waals surface area (Å²) in [6.45, 7) is 0.658. The Morgan fingerprint density at radius 1 is 1.38 bits per heavy atom. The van der Waals surface area contributed by atoms with E-state index in [9.17, 15) is 9.59 Å². The number of carbonyl (C=O) groups excluding carboxylic acids is 2. The van der Waals surface area contributed by atoms with Gasteiger partial charge in [-0.25, -0.2) is 0 Å². The van der Waals surface area contributed by atoms with Gasteiger partial charge in [0.05, 0.1) is 19.1 Å². The summed E-state index contributed by atoms with van der Waals surface area (Å²) in [5.74, 6) is 0.988. The maximum absolute atomic E-state index is 12.0. The molecule has 1 fully saturated rings. The summed E-state index contributed by atoms with van der Waals surface area (Å²) in [5, 5.41) is 2.77. The van der Waals surface area contributed by atoms with Gasteiger partial charge in [0.2, 0.25) is 11.8 Å². The molecule has 1 aliphatic rings. The van der Waals surface area contributed by atoms with E-state index in [4.69, 9.17) is 9.15 Å². The summed E-state index contributed by atoms with van der Waals surface area (Å²) in [5.41, 5.74) is 1.27. The number of nitrogens with zero attached hydrogens (tertiary/aromatic N) is 1. The van der Waals surface area contributed by atoms with Gasteiger partial charge in [-0.3, -0.25) is 9.59 Å². The molecule has 6 heteroatoms. The van der Waals surface area contributed by atoms with E-state index >= 15 is 0 Å². The van der Waals surface area contributed by atoms with Crippen molar-refractivity contribution in [3.8, 4) is 5.75 Å². The monoisotopic (exact) mass is 326 g/mol. The second-order valence-corrected chi connectivity index (χ2v) is 5.37. The lowest BCUT2D eigenvalue weighted by molar-refractivity contribution is -0.117. The van der Waals surface area contributed by atoms with Crippen LogP contribution in [0.4, 0.5) is 11.4 Å². The highest BCUT2D eigenvalue weighted by atomic mass is 16.5. The summed E-state index contributed by atoms with van der Waals surface area (Å²) in [7, 11) is 1.56. The Balaban J connectivity index is 1.76. The van der Waals surface area contributed by atoms with E-state index in [1.54, 1.807) is 54.7 Å². The number of methoxy groups -OCH3 is 1. The van der Waals surface area contributed by atoms with Crippen molar-refractivity contribution in [3.05, 3.63) is 48.4 Å². The van der Waals surface area contributed by atoms with E-state index in [2.05, 4.69) is 5.32 Å². The van der Waals surface area contributed by atoms with E-state index < -0.39 is 0 Å². The molecule has 1 saturated heterocycles. The zero-order chi connectivity index (χ0) is 16.9. The molecule has 2 heterocycles. The van der Waals surface area contributed by atoms with Crippen molar-refractivity contribution >= 4 is 29.3 Å². The van der Waals surface area contributed by atoms with Crippen molar-refractivity contribution in [1.29, 1.82) is 0 Å². The number of rotatable bonds is 5. The first-order valence-electron chi connectivity index (χ1n) is 7.68. The highest BCUT2D eigenvalue weighted by Crippen LogP contribution is 2.34. The number of hydrogen-bond acceptors (Lipinski definition) is 4. The Kier molecular flexibility index (Phi) is 4.65. The Bertz CT molecular complexity index is 765. The van der Waals surface area contributed by atoms with Crippen LogP contribution in [-0.4, -0.2) is 25.5 Å². The third-order valence-electron chi connectivity index (χ3n) is 3.75. The van der Waals surface area contributed by atoms with Crippen molar-refractivity contribution in [3.63, 3.8) is 0 Å². The van der Waals surface area contributed by atoms with Crippen molar-refractivity contribution in [2.24, 2.45) is 0 Å². The van der Waals surface area contributed by atoms with Crippen molar-refractivity contribution in [2.75, 3.05) is 23.9 Å². The van der Waals surface area contributed by atoms with Crippen LogP contribution in [0.2, 0.25) is 0 Å².